The molecular weight excluding hydrogens is 216 g/mol. The molecule has 4 nitrogen and oxygen atoms in total. The van der Waals surface area contributed by atoms with Gasteiger partial charge < -0.3 is 14.6 Å². The zero-order valence-corrected chi connectivity index (χ0v) is 10.9. The van der Waals surface area contributed by atoms with Gasteiger partial charge in [0.05, 0.1) is 6.10 Å². The summed E-state index contributed by atoms with van der Waals surface area (Å²) in [5.74, 6) is 0.158. The molecule has 1 amide bonds. The van der Waals surface area contributed by atoms with Crippen molar-refractivity contribution in [1.29, 1.82) is 0 Å². The van der Waals surface area contributed by atoms with E-state index in [0.717, 1.165) is 24.9 Å². The number of amides is 1. The van der Waals surface area contributed by atoms with Gasteiger partial charge in [0, 0.05) is 39.5 Å². The minimum Gasteiger partial charge on any atom is -0.388 e. The fourth-order valence-corrected chi connectivity index (χ4v) is 1.67. The number of hydrogen-bond donors (Lipinski definition) is 1. The SMILES string of the molecule is CCC(O)c1ccn(CCCC(=O)N(C)C)c1. The quantitative estimate of drug-likeness (QED) is 0.821. The van der Waals surface area contributed by atoms with E-state index in [1.54, 1.807) is 19.0 Å². The maximum absolute atomic E-state index is 11.4. The van der Waals surface area contributed by atoms with Crippen LogP contribution in [0.25, 0.3) is 0 Å². The summed E-state index contributed by atoms with van der Waals surface area (Å²) in [6, 6.07) is 1.93. The van der Waals surface area contributed by atoms with E-state index in [2.05, 4.69) is 0 Å². The Labute approximate surface area is 103 Å². The van der Waals surface area contributed by atoms with E-state index in [1.165, 1.54) is 0 Å². The number of aromatic nitrogens is 1. The molecule has 0 spiro atoms. The van der Waals surface area contributed by atoms with Gasteiger partial charge in [-0.2, -0.15) is 0 Å². The van der Waals surface area contributed by atoms with E-state index >= 15 is 0 Å². The topological polar surface area (TPSA) is 45.5 Å². The zero-order valence-electron chi connectivity index (χ0n) is 10.9. The van der Waals surface area contributed by atoms with Gasteiger partial charge in [0.2, 0.25) is 5.91 Å². The first-order chi connectivity index (χ1) is 8.04. The average Bonchev–Trinajstić information content (AvgIpc) is 2.76. The molecule has 17 heavy (non-hydrogen) atoms. The molecule has 0 fully saturated rings. The lowest BCUT2D eigenvalue weighted by molar-refractivity contribution is -0.128. The molecule has 1 unspecified atom stereocenters. The van der Waals surface area contributed by atoms with Crippen LogP contribution in [0.2, 0.25) is 0 Å². The molecule has 1 atom stereocenters. The third-order valence-electron chi connectivity index (χ3n) is 2.85. The molecule has 0 saturated carbocycles. The van der Waals surface area contributed by atoms with Crippen LogP contribution in [0, 0.1) is 0 Å². The minimum absolute atomic E-state index is 0.158. The van der Waals surface area contributed by atoms with E-state index in [9.17, 15) is 9.90 Å². The largest absolute Gasteiger partial charge is 0.388 e. The predicted octanol–water partition coefficient (Wildman–Crippen LogP) is 1.80. The van der Waals surface area contributed by atoms with Gasteiger partial charge in [-0.3, -0.25) is 4.79 Å². The van der Waals surface area contributed by atoms with Crippen LogP contribution >= 0.6 is 0 Å². The molecule has 1 aromatic heterocycles. The summed E-state index contributed by atoms with van der Waals surface area (Å²) in [6.45, 7) is 2.77. The van der Waals surface area contributed by atoms with E-state index in [0.29, 0.717) is 6.42 Å². The van der Waals surface area contributed by atoms with Gasteiger partial charge in [0.1, 0.15) is 0 Å². The third kappa shape index (κ3) is 4.23. The van der Waals surface area contributed by atoms with Crippen molar-refractivity contribution in [3.8, 4) is 0 Å². The number of carbonyl (C=O) groups is 1. The second-order valence-electron chi connectivity index (χ2n) is 4.50. The van der Waals surface area contributed by atoms with Crippen molar-refractivity contribution in [3.05, 3.63) is 24.0 Å². The Morgan fingerprint density at radius 1 is 1.53 bits per heavy atom. The number of aryl methyl sites for hydroxylation is 1. The van der Waals surface area contributed by atoms with Gasteiger partial charge in [0.15, 0.2) is 0 Å². The predicted molar refractivity (Wildman–Crippen MR) is 67.6 cm³/mol. The minimum atomic E-state index is -0.375. The lowest BCUT2D eigenvalue weighted by Crippen LogP contribution is -2.21. The van der Waals surface area contributed by atoms with Crippen molar-refractivity contribution in [2.75, 3.05) is 14.1 Å². The fourth-order valence-electron chi connectivity index (χ4n) is 1.67. The average molecular weight is 238 g/mol. The van der Waals surface area contributed by atoms with Gasteiger partial charge in [-0.05, 0) is 24.5 Å². The second-order valence-corrected chi connectivity index (χ2v) is 4.50. The fraction of sp³-hybridized carbons (Fsp3) is 0.615. The molecule has 0 aromatic carbocycles. The van der Waals surface area contributed by atoms with Gasteiger partial charge in [-0.1, -0.05) is 6.92 Å². The van der Waals surface area contributed by atoms with Crippen LogP contribution in [-0.4, -0.2) is 34.6 Å². The Morgan fingerprint density at radius 2 is 2.24 bits per heavy atom. The van der Waals surface area contributed by atoms with E-state index in [4.69, 9.17) is 0 Å². The Bertz CT molecular complexity index is 358. The number of aliphatic hydroxyl groups is 1. The highest BCUT2D eigenvalue weighted by Gasteiger charge is 2.07. The maximum atomic E-state index is 11.4. The monoisotopic (exact) mass is 238 g/mol. The van der Waals surface area contributed by atoms with Crippen LogP contribution in [0.4, 0.5) is 0 Å². The van der Waals surface area contributed by atoms with Gasteiger partial charge in [-0.15, -0.1) is 0 Å². The Kier molecular flexibility index (Phi) is 5.22. The highest BCUT2D eigenvalue weighted by atomic mass is 16.3. The molecule has 1 rings (SSSR count). The van der Waals surface area contributed by atoms with Crippen LogP contribution in [0.5, 0.6) is 0 Å². The molecule has 4 heteroatoms. The first kappa shape index (κ1) is 13.8. The van der Waals surface area contributed by atoms with Gasteiger partial charge >= 0.3 is 0 Å². The summed E-state index contributed by atoms with van der Waals surface area (Å²) < 4.78 is 2.02. The van der Waals surface area contributed by atoms with Crippen molar-refractivity contribution in [2.45, 2.75) is 38.8 Å². The van der Waals surface area contributed by atoms with Crippen molar-refractivity contribution in [1.82, 2.24) is 9.47 Å². The summed E-state index contributed by atoms with van der Waals surface area (Å²) >= 11 is 0. The summed E-state index contributed by atoms with van der Waals surface area (Å²) in [6.07, 6.45) is 5.65. The van der Waals surface area contributed by atoms with E-state index < -0.39 is 0 Å². The van der Waals surface area contributed by atoms with Crippen LogP contribution in [-0.2, 0) is 11.3 Å². The van der Waals surface area contributed by atoms with Crippen LogP contribution in [0.15, 0.2) is 18.5 Å². The van der Waals surface area contributed by atoms with Crippen molar-refractivity contribution < 1.29 is 9.90 Å². The molecule has 1 heterocycles. The zero-order chi connectivity index (χ0) is 12.8. The van der Waals surface area contributed by atoms with Crippen molar-refractivity contribution in [2.24, 2.45) is 0 Å². The van der Waals surface area contributed by atoms with E-state index in [1.807, 2.05) is 30.0 Å². The number of rotatable bonds is 6. The van der Waals surface area contributed by atoms with Crippen LogP contribution in [0.1, 0.15) is 37.9 Å². The molecular formula is C13H22N2O2. The summed E-state index contributed by atoms with van der Waals surface area (Å²) in [4.78, 5) is 13.0. The summed E-state index contributed by atoms with van der Waals surface area (Å²) in [5, 5.41) is 9.65. The molecule has 0 aliphatic rings. The smallest absolute Gasteiger partial charge is 0.222 e. The normalized spacial score (nSPS) is 12.5. The molecule has 1 aromatic rings. The highest BCUT2D eigenvalue weighted by Crippen LogP contribution is 2.16. The number of aliphatic hydroxyl groups excluding tert-OH is 1. The van der Waals surface area contributed by atoms with Crippen LogP contribution < -0.4 is 0 Å². The standard InChI is InChI=1S/C13H22N2O2/c1-4-12(16)11-7-9-15(10-11)8-5-6-13(17)14(2)3/h7,9-10,12,16H,4-6,8H2,1-3H3. The van der Waals surface area contributed by atoms with E-state index in [-0.39, 0.29) is 12.0 Å². The molecule has 1 N–H and O–H groups in total. The van der Waals surface area contributed by atoms with Crippen LogP contribution in [0.3, 0.4) is 0 Å². The molecule has 96 valence electrons. The number of nitrogens with zero attached hydrogens (tertiary/aromatic N) is 2. The van der Waals surface area contributed by atoms with Crippen molar-refractivity contribution >= 4 is 5.91 Å². The first-order valence-corrected chi connectivity index (χ1v) is 6.08. The Balaban J connectivity index is 2.37. The number of carbonyl (C=O) groups excluding carboxylic acids is 1. The molecule has 0 aliphatic heterocycles. The molecule has 0 bridgehead atoms. The second kappa shape index (κ2) is 6.45. The lowest BCUT2D eigenvalue weighted by Gasteiger charge is -2.10. The molecule has 0 radical (unpaired) electrons. The molecule has 0 saturated heterocycles. The lowest BCUT2D eigenvalue weighted by atomic mass is 10.1. The van der Waals surface area contributed by atoms with Crippen molar-refractivity contribution in [3.63, 3.8) is 0 Å². The number of hydrogen-bond acceptors (Lipinski definition) is 2. The Hall–Kier alpha value is -1.29. The molecule has 0 aliphatic carbocycles. The maximum Gasteiger partial charge on any atom is 0.222 e. The highest BCUT2D eigenvalue weighted by molar-refractivity contribution is 5.75. The first-order valence-electron chi connectivity index (χ1n) is 6.08. The third-order valence-corrected chi connectivity index (χ3v) is 2.85. The van der Waals surface area contributed by atoms with Gasteiger partial charge in [-0.25, -0.2) is 0 Å². The van der Waals surface area contributed by atoms with Gasteiger partial charge in [0.25, 0.3) is 0 Å². The summed E-state index contributed by atoms with van der Waals surface area (Å²) in [7, 11) is 3.54. The Morgan fingerprint density at radius 3 is 2.82 bits per heavy atom. The summed E-state index contributed by atoms with van der Waals surface area (Å²) in [5.41, 5.74) is 0.950.